The molecule has 0 unspecified atom stereocenters. The van der Waals surface area contributed by atoms with Crippen LogP contribution in [0.4, 0.5) is 0 Å². The first kappa shape index (κ1) is 17.4. The molecule has 0 radical (unpaired) electrons. The molecule has 4 nitrogen and oxygen atoms in total. The molecule has 126 valence electrons. The fourth-order valence-corrected chi connectivity index (χ4v) is 2.48. The summed E-state index contributed by atoms with van der Waals surface area (Å²) in [5.74, 6) is 1.77. The Morgan fingerprint density at radius 1 is 1.22 bits per heavy atom. The van der Waals surface area contributed by atoms with Gasteiger partial charge in [0.15, 0.2) is 5.96 Å². The van der Waals surface area contributed by atoms with Gasteiger partial charge in [0, 0.05) is 18.2 Å². The van der Waals surface area contributed by atoms with Crippen molar-refractivity contribution in [3.05, 3.63) is 42.0 Å². The summed E-state index contributed by atoms with van der Waals surface area (Å²) in [6.07, 6.45) is 6.56. The van der Waals surface area contributed by atoms with Crippen LogP contribution < -0.4 is 15.4 Å². The predicted octanol–water partition coefficient (Wildman–Crippen LogP) is 3.64. The summed E-state index contributed by atoms with van der Waals surface area (Å²) in [4.78, 5) is 4.72. The van der Waals surface area contributed by atoms with Crippen LogP contribution in [0.25, 0.3) is 0 Å². The molecule has 0 saturated carbocycles. The smallest absolute Gasteiger partial charge is 0.191 e. The van der Waals surface area contributed by atoms with Gasteiger partial charge in [-0.25, -0.2) is 4.99 Å². The Morgan fingerprint density at radius 2 is 1.91 bits per heavy atom. The lowest BCUT2D eigenvalue weighted by Gasteiger charge is -2.23. The van der Waals surface area contributed by atoms with Gasteiger partial charge in [-0.2, -0.15) is 0 Å². The highest BCUT2D eigenvalue weighted by molar-refractivity contribution is 5.80. The number of para-hydroxylation sites is 1. The number of guanidine groups is 1. The van der Waals surface area contributed by atoms with Gasteiger partial charge in [-0.15, -0.1) is 0 Å². The van der Waals surface area contributed by atoms with Gasteiger partial charge in [-0.3, -0.25) is 0 Å². The Hall–Kier alpha value is -1.97. The third-order valence-electron chi connectivity index (χ3n) is 3.49. The fourth-order valence-electron chi connectivity index (χ4n) is 2.48. The number of aliphatic imine (C=N–C) groups is 1. The number of hydrogen-bond donors (Lipinski definition) is 2. The Labute approximate surface area is 140 Å². The molecule has 4 heteroatoms. The molecule has 1 aromatic rings. The molecule has 23 heavy (non-hydrogen) atoms. The van der Waals surface area contributed by atoms with E-state index in [1.54, 1.807) is 0 Å². The summed E-state index contributed by atoms with van der Waals surface area (Å²) in [6, 6.07) is 8.57. The highest BCUT2D eigenvalue weighted by Crippen LogP contribution is 2.23. The lowest BCUT2D eigenvalue weighted by Crippen LogP contribution is -2.42. The summed E-state index contributed by atoms with van der Waals surface area (Å²) in [5.41, 5.74) is 0.891. The molecule has 0 bridgehead atoms. The summed E-state index contributed by atoms with van der Waals surface area (Å²) in [5, 5.41) is 6.81. The second-order valence-corrected chi connectivity index (χ2v) is 6.80. The zero-order valence-electron chi connectivity index (χ0n) is 14.7. The standard InChI is InChI=1S/C19H29N3O/c1-5-20-18(22-16-11-7-8-12-16)21-14-15-10-6-9-13-17(15)23-19(2,3)4/h6-10,13,16H,5,11-12,14H2,1-4H3,(H2,20,21,22). The number of hydrogen-bond acceptors (Lipinski definition) is 2. The van der Waals surface area contributed by atoms with E-state index in [2.05, 4.69) is 56.5 Å². The van der Waals surface area contributed by atoms with E-state index < -0.39 is 0 Å². The van der Waals surface area contributed by atoms with E-state index in [1.807, 2.05) is 18.2 Å². The maximum absolute atomic E-state index is 6.04. The average Bonchev–Trinajstić information content (AvgIpc) is 2.98. The maximum atomic E-state index is 6.04. The van der Waals surface area contributed by atoms with Gasteiger partial charge >= 0.3 is 0 Å². The largest absolute Gasteiger partial charge is 0.488 e. The molecular weight excluding hydrogens is 286 g/mol. The Morgan fingerprint density at radius 3 is 2.57 bits per heavy atom. The van der Waals surface area contributed by atoms with E-state index in [0.717, 1.165) is 36.7 Å². The number of nitrogens with one attached hydrogen (secondary N) is 2. The van der Waals surface area contributed by atoms with Crippen molar-refractivity contribution < 1.29 is 4.74 Å². The number of nitrogens with zero attached hydrogens (tertiary/aromatic N) is 1. The van der Waals surface area contributed by atoms with Crippen LogP contribution >= 0.6 is 0 Å². The van der Waals surface area contributed by atoms with Crippen molar-refractivity contribution >= 4 is 5.96 Å². The Bertz CT molecular complexity index is 550. The predicted molar refractivity (Wildman–Crippen MR) is 96.9 cm³/mol. The number of benzene rings is 1. The molecule has 0 saturated heterocycles. The minimum absolute atomic E-state index is 0.210. The van der Waals surface area contributed by atoms with Gasteiger partial charge < -0.3 is 15.4 Å². The molecule has 1 aromatic carbocycles. The quantitative estimate of drug-likeness (QED) is 0.495. The molecule has 1 aliphatic carbocycles. The molecule has 0 heterocycles. The van der Waals surface area contributed by atoms with Gasteiger partial charge in [0.2, 0.25) is 0 Å². The first-order valence-electron chi connectivity index (χ1n) is 8.44. The lowest BCUT2D eigenvalue weighted by molar-refractivity contribution is 0.129. The number of rotatable bonds is 5. The van der Waals surface area contributed by atoms with Crippen molar-refractivity contribution in [3.63, 3.8) is 0 Å². The summed E-state index contributed by atoms with van der Waals surface area (Å²) in [6.45, 7) is 9.72. The van der Waals surface area contributed by atoms with E-state index in [0.29, 0.717) is 12.6 Å². The summed E-state index contributed by atoms with van der Waals surface area (Å²) >= 11 is 0. The van der Waals surface area contributed by atoms with Gasteiger partial charge in [-0.05, 0) is 46.6 Å². The first-order chi connectivity index (χ1) is 11.0. The van der Waals surface area contributed by atoms with Crippen molar-refractivity contribution in [2.75, 3.05) is 6.54 Å². The maximum Gasteiger partial charge on any atom is 0.191 e. The minimum atomic E-state index is -0.210. The molecule has 0 fully saturated rings. The van der Waals surface area contributed by atoms with Crippen molar-refractivity contribution in [1.29, 1.82) is 0 Å². The minimum Gasteiger partial charge on any atom is -0.488 e. The second-order valence-electron chi connectivity index (χ2n) is 6.80. The van der Waals surface area contributed by atoms with Crippen LogP contribution in [0.3, 0.4) is 0 Å². The monoisotopic (exact) mass is 315 g/mol. The van der Waals surface area contributed by atoms with Crippen LogP contribution in [0.15, 0.2) is 41.4 Å². The van der Waals surface area contributed by atoms with Crippen LogP contribution in [-0.4, -0.2) is 24.1 Å². The molecule has 2 rings (SSSR count). The summed E-state index contributed by atoms with van der Waals surface area (Å²) in [7, 11) is 0. The number of ether oxygens (including phenoxy) is 1. The van der Waals surface area contributed by atoms with Gasteiger partial charge in [0.1, 0.15) is 11.4 Å². The van der Waals surface area contributed by atoms with Crippen molar-refractivity contribution in [2.45, 2.75) is 58.7 Å². The van der Waals surface area contributed by atoms with E-state index in [-0.39, 0.29) is 5.60 Å². The van der Waals surface area contributed by atoms with Crippen LogP contribution in [-0.2, 0) is 6.54 Å². The SMILES string of the molecule is CCNC(=NCc1ccccc1OC(C)(C)C)NC1CC=CC1. The molecule has 0 aromatic heterocycles. The highest BCUT2D eigenvalue weighted by atomic mass is 16.5. The molecule has 0 aliphatic heterocycles. The van der Waals surface area contributed by atoms with E-state index >= 15 is 0 Å². The summed E-state index contributed by atoms with van der Waals surface area (Å²) < 4.78 is 6.04. The van der Waals surface area contributed by atoms with Crippen LogP contribution in [0.2, 0.25) is 0 Å². The lowest BCUT2D eigenvalue weighted by atomic mass is 10.1. The molecule has 0 amide bonds. The van der Waals surface area contributed by atoms with Crippen LogP contribution in [0.5, 0.6) is 5.75 Å². The molecular formula is C19H29N3O. The molecule has 2 N–H and O–H groups in total. The van der Waals surface area contributed by atoms with Gasteiger partial charge in [-0.1, -0.05) is 30.4 Å². The molecule has 1 aliphatic rings. The van der Waals surface area contributed by atoms with Crippen molar-refractivity contribution in [1.82, 2.24) is 10.6 Å². The Kier molecular flexibility index (Phi) is 6.08. The zero-order valence-corrected chi connectivity index (χ0v) is 14.7. The second kappa shape index (κ2) is 8.04. The molecule has 0 atom stereocenters. The van der Waals surface area contributed by atoms with Gasteiger partial charge in [0.05, 0.1) is 6.54 Å². The average molecular weight is 315 g/mol. The van der Waals surface area contributed by atoms with E-state index in [1.165, 1.54) is 0 Å². The highest BCUT2D eigenvalue weighted by Gasteiger charge is 2.15. The van der Waals surface area contributed by atoms with Crippen molar-refractivity contribution in [2.24, 2.45) is 4.99 Å². The Balaban J connectivity index is 2.06. The van der Waals surface area contributed by atoms with Gasteiger partial charge in [0.25, 0.3) is 0 Å². The van der Waals surface area contributed by atoms with Crippen LogP contribution in [0, 0.1) is 0 Å². The first-order valence-corrected chi connectivity index (χ1v) is 8.44. The zero-order chi connectivity index (χ0) is 16.7. The van der Waals surface area contributed by atoms with Crippen LogP contribution in [0.1, 0.15) is 46.1 Å². The van der Waals surface area contributed by atoms with Crippen molar-refractivity contribution in [3.8, 4) is 5.75 Å². The fraction of sp³-hybridized carbons (Fsp3) is 0.526. The van der Waals surface area contributed by atoms with E-state index in [9.17, 15) is 0 Å². The topological polar surface area (TPSA) is 45.7 Å². The third kappa shape index (κ3) is 5.97. The third-order valence-corrected chi connectivity index (χ3v) is 3.49. The van der Waals surface area contributed by atoms with E-state index in [4.69, 9.17) is 9.73 Å². The molecule has 0 spiro atoms. The normalized spacial score (nSPS) is 15.7.